The molecule has 124 valence electrons. The number of aromatic amines is 1. The van der Waals surface area contributed by atoms with E-state index in [1.54, 1.807) is 17.4 Å². The maximum absolute atomic E-state index is 12.7. The van der Waals surface area contributed by atoms with Crippen LogP contribution in [0, 0.1) is 0 Å². The smallest absolute Gasteiger partial charge is 0.254 e. The van der Waals surface area contributed by atoms with Crippen LogP contribution in [0.4, 0.5) is 0 Å². The van der Waals surface area contributed by atoms with Crippen LogP contribution >= 0.6 is 27.3 Å². The number of benzene rings is 1. The summed E-state index contributed by atoms with van der Waals surface area (Å²) in [6.45, 7) is 4.24. The third-order valence-electron chi connectivity index (χ3n) is 4.23. The molecule has 4 rings (SSSR count). The number of carbonyl (C=O) groups is 1. The average Bonchev–Trinajstić information content (AvgIpc) is 3.23. The van der Waals surface area contributed by atoms with Crippen molar-refractivity contribution in [2.45, 2.75) is 6.54 Å². The van der Waals surface area contributed by atoms with Gasteiger partial charge < -0.3 is 4.90 Å². The number of hydrogen-bond donors (Lipinski definition) is 1. The number of thiophene rings is 1. The molecule has 0 atom stereocenters. The van der Waals surface area contributed by atoms with Gasteiger partial charge in [0.1, 0.15) is 11.0 Å². The Balaban J connectivity index is 1.38. The molecule has 0 saturated carbocycles. The van der Waals surface area contributed by atoms with Crippen LogP contribution in [0.5, 0.6) is 0 Å². The molecule has 6 nitrogen and oxygen atoms in total. The summed E-state index contributed by atoms with van der Waals surface area (Å²) in [6.07, 6.45) is 0. The predicted octanol–water partition coefficient (Wildman–Crippen LogP) is 2.74. The second-order valence-corrected chi connectivity index (χ2v) is 8.35. The highest BCUT2D eigenvalue weighted by Crippen LogP contribution is 2.24. The van der Waals surface area contributed by atoms with Crippen molar-refractivity contribution in [3.63, 3.8) is 0 Å². The molecule has 0 aliphatic carbocycles. The van der Waals surface area contributed by atoms with E-state index in [1.165, 1.54) is 4.88 Å². The van der Waals surface area contributed by atoms with Gasteiger partial charge in [-0.25, -0.2) is 0 Å². The largest absolute Gasteiger partial charge is 0.336 e. The van der Waals surface area contributed by atoms with Crippen molar-refractivity contribution in [3.05, 3.63) is 44.6 Å². The zero-order valence-corrected chi connectivity index (χ0v) is 15.3. The summed E-state index contributed by atoms with van der Waals surface area (Å²) < 4.78 is 1.16. The van der Waals surface area contributed by atoms with Crippen LogP contribution in [0.25, 0.3) is 11.0 Å². The number of rotatable bonds is 3. The van der Waals surface area contributed by atoms with Gasteiger partial charge >= 0.3 is 0 Å². The first-order valence-electron chi connectivity index (χ1n) is 7.75. The fourth-order valence-electron chi connectivity index (χ4n) is 2.92. The molecule has 24 heavy (non-hydrogen) atoms. The van der Waals surface area contributed by atoms with Gasteiger partial charge in [-0.15, -0.1) is 11.3 Å². The summed E-state index contributed by atoms with van der Waals surface area (Å²) in [6, 6.07) is 9.69. The van der Waals surface area contributed by atoms with E-state index >= 15 is 0 Å². The fraction of sp³-hybridized carbons (Fsp3) is 0.312. The summed E-state index contributed by atoms with van der Waals surface area (Å²) >= 11 is 5.27. The summed E-state index contributed by atoms with van der Waals surface area (Å²) in [5.41, 5.74) is 2.17. The Morgan fingerprint density at radius 1 is 1.12 bits per heavy atom. The maximum atomic E-state index is 12.7. The molecule has 2 aromatic heterocycles. The normalized spacial score (nSPS) is 16.0. The molecule has 1 saturated heterocycles. The first kappa shape index (κ1) is 15.7. The first-order valence-corrected chi connectivity index (χ1v) is 9.36. The van der Waals surface area contributed by atoms with Gasteiger partial charge in [0, 0.05) is 43.2 Å². The zero-order valence-electron chi connectivity index (χ0n) is 12.9. The third kappa shape index (κ3) is 3.22. The highest BCUT2D eigenvalue weighted by Gasteiger charge is 2.22. The van der Waals surface area contributed by atoms with Gasteiger partial charge in [-0.3, -0.25) is 9.69 Å². The van der Waals surface area contributed by atoms with E-state index in [1.807, 2.05) is 17.0 Å². The van der Waals surface area contributed by atoms with Gasteiger partial charge in [0.05, 0.1) is 3.79 Å². The summed E-state index contributed by atoms with van der Waals surface area (Å²) in [5.74, 6) is 0.0680. The van der Waals surface area contributed by atoms with E-state index in [2.05, 4.69) is 48.4 Å². The van der Waals surface area contributed by atoms with Crippen LogP contribution < -0.4 is 0 Å². The number of hydrogen-bond acceptors (Lipinski definition) is 5. The Kier molecular flexibility index (Phi) is 4.34. The standard InChI is InChI=1S/C16H16BrN5OS/c17-15-4-2-12(24-15)10-21-5-7-22(8-6-21)16(23)11-1-3-13-14(9-11)19-20-18-13/h1-4,9H,5-8,10H2,(H,18,19,20). The molecule has 8 heteroatoms. The summed E-state index contributed by atoms with van der Waals surface area (Å²) in [7, 11) is 0. The van der Waals surface area contributed by atoms with Crippen molar-refractivity contribution >= 4 is 44.2 Å². The fourth-order valence-corrected chi connectivity index (χ4v) is 4.45. The Bertz CT molecular complexity index is 868. The number of H-pyrrole nitrogens is 1. The molecule has 1 fully saturated rings. The van der Waals surface area contributed by atoms with E-state index in [9.17, 15) is 4.79 Å². The Morgan fingerprint density at radius 2 is 1.92 bits per heavy atom. The average molecular weight is 406 g/mol. The SMILES string of the molecule is O=C(c1ccc2n[nH]nc2c1)N1CCN(Cc2ccc(Br)s2)CC1. The van der Waals surface area contributed by atoms with E-state index in [0.29, 0.717) is 5.56 Å². The number of aromatic nitrogens is 3. The highest BCUT2D eigenvalue weighted by atomic mass is 79.9. The van der Waals surface area contributed by atoms with Crippen molar-refractivity contribution in [2.24, 2.45) is 0 Å². The van der Waals surface area contributed by atoms with Crippen LogP contribution in [0.1, 0.15) is 15.2 Å². The molecule has 1 amide bonds. The number of nitrogens with zero attached hydrogens (tertiary/aromatic N) is 4. The molecule has 0 radical (unpaired) electrons. The van der Waals surface area contributed by atoms with E-state index < -0.39 is 0 Å². The Hall–Kier alpha value is -1.77. The topological polar surface area (TPSA) is 65.1 Å². The number of fused-ring (bicyclic) bond motifs is 1. The van der Waals surface area contributed by atoms with Gasteiger partial charge in [-0.2, -0.15) is 15.4 Å². The number of amides is 1. The molecule has 3 heterocycles. The Labute approximate surface area is 151 Å². The van der Waals surface area contributed by atoms with Gasteiger partial charge in [-0.1, -0.05) is 0 Å². The van der Waals surface area contributed by atoms with E-state index in [-0.39, 0.29) is 5.91 Å². The van der Waals surface area contributed by atoms with Gasteiger partial charge in [-0.05, 0) is 46.3 Å². The molecular formula is C16H16BrN5OS. The van der Waals surface area contributed by atoms with E-state index in [0.717, 1.165) is 47.5 Å². The molecule has 1 aromatic carbocycles. The molecule has 1 N–H and O–H groups in total. The van der Waals surface area contributed by atoms with Crippen LogP contribution in [0.3, 0.4) is 0 Å². The maximum Gasteiger partial charge on any atom is 0.254 e. The second-order valence-electron chi connectivity index (χ2n) is 5.80. The molecule has 1 aliphatic heterocycles. The van der Waals surface area contributed by atoms with Gasteiger partial charge in [0.15, 0.2) is 0 Å². The molecular weight excluding hydrogens is 390 g/mol. The van der Waals surface area contributed by atoms with Crippen LogP contribution in [-0.4, -0.2) is 57.3 Å². The molecule has 0 bridgehead atoms. The minimum absolute atomic E-state index is 0.0680. The zero-order chi connectivity index (χ0) is 16.5. The lowest BCUT2D eigenvalue weighted by atomic mass is 10.1. The highest BCUT2D eigenvalue weighted by molar-refractivity contribution is 9.11. The number of nitrogens with one attached hydrogen (secondary N) is 1. The Morgan fingerprint density at radius 3 is 2.67 bits per heavy atom. The summed E-state index contributed by atoms with van der Waals surface area (Å²) in [5, 5.41) is 10.6. The second kappa shape index (κ2) is 6.62. The number of halogens is 1. The van der Waals surface area contributed by atoms with Crippen LogP contribution in [0.2, 0.25) is 0 Å². The van der Waals surface area contributed by atoms with Gasteiger partial charge in [0.2, 0.25) is 0 Å². The number of piperazine rings is 1. The predicted molar refractivity (Wildman–Crippen MR) is 97.1 cm³/mol. The van der Waals surface area contributed by atoms with Gasteiger partial charge in [0.25, 0.3) is 5.91 Å². The van der Waals surface area contributed by atoms with Crippen LogP contribution in [-0.2, 0) is 6.54 Å². The quantitative estimate of drug-likeness (QED) is 0.727. The van der Waals surface area contributed by atoms with Crippen LogP contribution in [0.15, 0.2) is 34.1 Å². The molecule has 0 unspecified atom stereocenters. The third-order valence-corrected chi connectivity index (χ3v) is 5.84. The summed E-state index contributed by atoms with van der Waals surface area (Å²) in [4.78, 5) is 18.3. The van der Waals surface area contributed by atoms with Crippen molar-refractivity contribution in [2.75, 3.05) is 26.2 Å². The number of carbonyl (C=O) groups excluding carboxylic acids is 1. The minimum Gasteiger partial charge on any atom is -0.336 e. The van der Waals surface area contributed by atoms with Crippen molar-refractivity contribution in [1.82, 2.24) is 25.2 Å². The van der Waals surface area contributed by atoms with Crippen molar-refractivity contribution in [1.29, 1.82) is 0 Å². The lowest BCUT2D eigenvalue weighted by molar-refractivity contribution is 0.0630. The van der Waals surface area contributed by atoms with E-state index in [4.69, 9.17) is 0 Å². The molecule has 1 aliphatic rings. The van der Waals surface area contributed by atoms with Crippen molar-refractivity contribution < 1.29 is 4.79 Å². The molecule has 3 aromatic rings. The van der Waals surface area contributed by atoms with Crippen molar-refractivity contribution in [3.8, 4) is 0 Å². The lowest BCUT2D eigenvalue weighted by Crippen LogP contribution is -2.48. The lowest BCUT2D eigenvalue weighted by Gasteiger charge is -2.34. The molecule has 0 spiro atoms. The monoisotopic (exact) mass is 405 g/mol. The first-order chi connectivity index (χ1) is 11.7. The minimum atomic E-state index is 0.0680.